The van der Waals surface area contributed by atoms with Gasteiger partial charge in [0.05, 0.1) is 18.4 Å². The number of aromatic nitrogens is 2. The Balaban J connectivity index is 2.83. The van der Waals surface area contributed by atoms with E-state index in [4.69, 9.17) is 14.5 Å². The minimum absolute atomic E-state index is 0.289. The monoisotopic (exact) mass is 308 g/mol. The van der Waals surface area contributed by atoms with Gasteiger partial charge in [0, 0.05) is 11.8 Å². The highest BCUT2D eigenvalue weighted by atomic mass is 31.2. The van der Waals surface area contributed by atoms with Gasteiger partial charge in [-0.2, -0.15) is 0 Å². The van der Waals surface area contributed by atoms with Crippen molar-refractivity contribution in [2.45, 2.75) is 32.8 Å². The molecule has 4 N–H and O–H groups in total. The molecular weight excluding hydrogens is 291 g/mol. The predicted octanol–water partition coefficient (Wildman–Crippen LogP) is -1.25. The second-order valence-electron chi connectivity index (χ2n) is 4.46. The van der Waals surface area contributed by atoms with E-state index in [0.717, 1.165) is 4.57 Å². The molecule has 10 heteroatoms. The van der Waals surface area contributed by atoms with Crippen molar-refractivity contribution in [3.05, 3.63) is 32.6 Å². The number of nitrogens with zero attached hydrogens (tertiary/aromatic N) is 1. The third kappa shape index (κ3) is 5.03. The van der Waals surface area contributed by atoms with E-state index >= 15 is 0 Å². The molecule has 1 aromatic heterocycles. The molecule has 1 aromatic rings. The Hall–Kier alpha value is -1.25. The van der Waals surface area contributed by atoms with Gasteiger partial charge in [-0.3, -0.25) is 18.9 Å². The predicted molar refractivity (Wildman–Crippen MR) is 69.5 cm³/mol. The van der Waals surface area contributed by atoms with Gasteiger partial charge >= 0.3 is 13.3 Å². The van der Waals surface area contributed by atoms with E-state index in [9.17, 15) is 19.3 Å². The van der Waals surface area contributed by atoms with Gasteiger partial charge in [0.1, 0.15) is 6.73 Å². The van der Waals surface area contributed by atoms with Gasteiger partial charge in [0.25, 0.3) is 5.56 Å². The second kappa shape index (κ2) is 6.47. The molecule has 1 rings (SSSR count). The van der Waals surface area contributed by atoms with Crippen LogP contribution in [0.3, 0.4) is 0 Å². The Bertz CT molecular complexity index is 615. The van der Waals surface area contributed by atoms with Crippen LogP contribution >= 0.6 is 7.60 Å². The molecule has 9 nitrogen and oxygen atoms in total. The molecule has 20 heavy (non-hydrogen) atoms. The number of hydrogen-bond donors (Lipinski definition) is 4. The van der Waals surface area contributed by atoms with Gasteiger partial charge in [-0.1, -0.05) is 0 Å². The maximum Gasteiger partial charge on any atom is 0.330 e. The lowest BCUT2D eigenvalue weighted by molar-refractivity contribution is -0.0494. The van der Waals surface area contributed by atoms with Crippen molar-refractivity contribution in [2.75, 3.05) is 6.16 Å². The number of nitrogens with one attached hydrogen (secondary N) is 1. The molecule has 0 aliphatic rings. The van der Waals surface area contributed by atoms with Crippen LogP contribution in [0.1, 0.15) is 12.5 Å². The zero-order valence-electron chi connectivity index (χ0n) is 11.0. The third-order valence-corrected chi connectivity index (χ3v) is 3.41. The van der Waals surface area contributed by atoms with Crippen LogP contribution in [-0.2, 0) is 16.0 Å². The van der Waals surface area contributed by atoms with Gasteiger partial charge in [0.15, 0.2) is 0 Å². The average molecular weight is 308 g/mol. The fourth-order valence-corrected chi connectivity index (χ4v) is 2.35. The number of aliphatic hydroxyl groups excluding tert-OH is 1. The fraction of sp³-hybridized carbons (Fsp3) is 0.600. The van der Waals surface area contributed by atoms with Crippen molar-refractivity contribution >= 4 is 7.60 Å². The highest BCUT2D eigenvalue weighted by Crippen LogP contribution is 2.36. The SMILES string of the molecule is Cc1cn(CO[C@@H](CP(=O)(O)O)[C@H](C)O)c(=O)[nH]c1=O. The first-order valence-electron chi connectivity index (χ1n) is 5.75. The Morgan fingerprint density at radius 3 is 2.55 bits per heavy atom. The normalized spacial score (nSPS) is 15.1. The number of aryl methyl sites for hydroxylation is 1. The first kappa shape index (κ1) is 16.8. The highest BCUT2D eigenvalue weighted by molar-refractivity contribution is 7.51. The van der Waals surface area contributed by atoms with Gasteiger partial charge in [-0.25, -0.2) is 4.79 Å². The van der Waals surface area contributed by atoms with Crippen molar-refractivity contribution in [2.24, 2.45) is 0 Å². The van der Waals surface area contributed by atoms with Crippen molar-refractivity contribution in [1.82, 2.24) is 9.55 Å². The van der Waals surface area contributed by atoms with Crippen LogP contribution in [0.5, 0.6) is 0 Å². The zero-order valence-corrected chi connectivity index (χ0v) is 11.9. The van der Waals surface area contributed by atoms with Gasteiger partial charge in [-0.15, -0.1) is 0 Å². The van der Waals surface area contributed by atoms with E-state index in [1.807, 2.05) is 0 Å². The van der Waals surface area contributed by atoms with Crippen molar-refractivity contribution in [3.8, 4) is 0 Å². The molecule has 0 radical (unpaired) electrons. The van der Waals surface area contributed by atoms with E-state index in [0.29, 0.717) is 0 Å². The van der Waals surface area contributed by atoms with Crippen molar-refractivity contribution < 1.29 is 24.2 Å². The summed E-state index contributed by atoms with van der Waals surface area (Å²) in [6, 6.07) is 0. The number of ether oxygens (including phenoxy) is 1. The van der Waals surface area contributed by atoms with E-state index in [-0.39, 0.29) is 12.3 Å². The molecule has 0 aliphatic heterocycles. The summed E-state index contributed by atoms with van der Waals surface area (Å²) in [5, 5.41) is 9.41. The quantitative estimate of drug-likeness (QED) is 0.481. The van der Waals surface area contributed by atoms with E-state index in [1.165, 1.54) is 20.0 Å². The number of aliphatic hydroxyl groups is 1. The minimum atomic E-state index is -4.36. The summed E-state index contributed by atoms with van der Waals surface area (Å²) in [7, 11) is -4.36. The Morgan fingerprint density at radius 2 is 2.05 bits per heavy atom. The van der Waals surface area contributed by atoms with Crippen LogP contribution in [0.4, 0.5) is 0 Å². The van der Waals surface area contributed by atoms with Crippen LogP contribution in [-0.4, -0.2) is 42.8 Å². The minimum Gasteiger partial charge on any atom is -0.391 e. The van der Waals surface area contributed by atoms with E-state index in [1.54, 1.807) is 0 Å². The second-order valence-corrected chi connectivity index (χ2v) is 6.16. The standard InChI is InChI=1S/C10H17N2O7P/c1-6-3-12(10(15)11-9(6)14)5-19-8(7(2)13)4-20(16,17)18/h3,7-8,13H,4-5H2,1-2H3,(H,11,14,15)(H2,16,17,18)/t7-,8-/m0/s1. The van der Waals surface area contributed by atoms with E-state index < -0.39 is 37.2 Å². The number of aromatic amines is 1. The summed E-state index contributed by atoms with van der Waals surface area (Å²) < 4.78 is 17.1. The molecule has 2 atom stereocenters. The molecule has 0 unspecified atom stereocenters. The number of rotatable bonds is 6. The summed E-state index contributed by atoms with van der Waals surface area (Å²) in [5.74, 6) is 0. The summed E-state index contributed by atoms with van der Waals surface area (Å²) in [4.78, 5) is 42.5. The van der Waals surface area contributed by atoms with Gasteiger partial charge in [-0.05, 0) is 13.8 Å². The van der Waals surface area contributed by atoms with Gasteiger partial charge < -0.3 is 19.6 Å². The van der Waals surface area contributed by atoms with Gasteiger partial charge in [0.2, 0.25) is 0 Å². The molecule has 1 heterocycles. The Kier molecular flexibility index (Phi) is 5.43. The number of H-pyrrole nitrogens is 1. The average Bonchev–Trinajstić information content (AvgIpc) is 2.28. The van der Waals surface area contributed by atoms with Crippen molar-refractivity contribution in [3.63, 3.8) is 0 Å². The fourth-order valence-electron chi connectivity index (χ4n) is 1.47. The lowest BCUT2D eigenvalue weighted by Gasteiger charge is -2.21. The third-order valence-electron chi connectivity index (χ3n) is 2.57. The molecule has 0 amide bonds. The first-order valence-corrected chi connectivity index (χ1v) is 7.54. The highest BCUT2D eigenvalue weighted by Gasteiger charge is 2.26. The van der Waals surface area contributed by atoms with Crippen LogP contribution < -0.4 is 11.2 Å². The van der Waals surface area contributed by atoms with Crippen LogP contribution in [0.2, 0.25) is 0 Å². The molecule has 0 aliphatic carbocycles. The summed E-state index contributed by atoms with van der Waals surface area (Å²) in [6.45, 7) is 2.48. The molecule has 0 fully saturated rings. The largest absolute Gasteiger partial charge is 0.391 e. The molecule has 0 bridgehead atoms. The topological polar surface area (TPSA) is 142 Å². The molecule has 0 saturated heterocycles. The van der Waals surface area contributed by atoms with E-state index in [2.05, 4.69) is 4.98 Å². The Morgan fingerprint density at radius 1 is 1.45 bits per heavy atom. The van der Waals surface area contributed by atoms with Crippen LogP contribution in [0.25, 0.3) is 0 Å². The first-order chi connectivity index (χ1) is 9.10. The summed E-state index contributed by atoms with van der Waals surface area (Å²) in [5.41, 5.74) is -0.938. The summed E-state index contributed by atoms with van der Waals surface area (Å²) >= 11 is 0. The maximum atomic E-state index is 11.5. The molecule has 0 spiro atoms. The lowest BCUT2D eigenvalue weighted by atomic mass is 10.2. The maximum absolute atomic E-state index is 11.5. The molecule has 0 aromatic carbocycles. The lowest BCUT2D eigenvalue weighted by Crippen LogP contribution is -2.35. The van der Waals surface area contributed by atoms with Crippen LogP contribution in [0, 0.1) is 6.92 Å². The number of hydrogen-bond acceptors (Lipinski definition) is 5. The zero-order chi connectivity index (χ0) is 15.5. The van der Waals surface area contributed by atoms with Crippen molar-refractivity contribution in [1.29, 1.82) is 0 Å². The molecule has 114 valence electrons. The smallest absolute Gasteiger partial charge is 0.330 e. The Labute approximate surface area is 114 Å². The molecular formula is C10H17N2O7P. The molecule has 0 saturated carbocycles. The summed E-state index contributed by atoms with van der Waals surface area (Å²) in [6.07, 6.45) is -1.66. The van der Waals surface area contributed by atoms with Crippen LogP contribution in [0.15, 0.2) is 15.8 Å².